The van der Waals surface area contributed by atoms with E-state index in [1.807, 2.05) is 55.5 Å². The van der Waals surface area contributed by atoms with Crippen molar-refractivity contribution in [3.05, 3.63) is 54.2 Å². The van der Waals surface area contributed by atoms with Crippen molar-refractivity contribution >= 4 is 40.0 Å². The molecule has 0 bridgehead atoms. The predicted octanol–water partition coefficient (Wildman–Crippen LogP) is 4.47. The van der Waals surface area contributed by atoms with E-state index < -0.39 is 0 Å². The van der Waals surface area contributed by atoms with Crippen molar-refractivity contribution in [2.24, 2.45) is 0 Å². The number of benzene rings is 2. The number of nitrogens with one attached hydrogen (secondary N) is 2. The highest BCUT2D eigenvalue weighted by Gasteiger charge is 2.12. The maximum atomic E-state index is 5.95. The fourth-order valence-corrected chi connectivity index (χ4v) is 3.90. The van der Waals surface area contributed by atoms with Gasteiger partial charge in [0.25, 0.3) is 0 Å². The van der Waals surface area contributed by atoms with E-state index in [-0.39, 0.29) is 0 Å². The lowest BCUT2D eigenvalue weighted by molar-refractivity contribution is 0.282. The summed E-state index contributed by atoms with van der Waals surface area (Å²) in [6.07, 6.45) is 0.957. The number of H-pyrrole nitrogens is 1. The highest BCUT2D eigenvalue weighted by molar-refractivity contribution is 7.99. The first-order valence-corrected chi connectivity index (χ1v) is 11.2. The van der Waals surface area contributed by atoms with Gasteiger partial charge in [0.05, 0.1) is 12.1 Å². The molecule has 166 valence electrons. The Morgan fingerprint density at radius 2 is 1.91 bits per heavy atom. The maximum absolute atomic E-state index is 5.95. The van der Waals surface area contributed by atoms with Gasteiger partial charge in [0.15, 0.2) is 11.0 Å². The minimum Gasteiger partial charge on any atom is -0.493 e. The van der Waals surface area contributed by atoms with Gasteiger partial charge in [-0.3, -0.25) is 5.10 Å². The second kappa shape index (κ2) is 9.88. The molecule has 0 atom stereocenters. The van der Waals surface area contributed by atoms with Crippen LogP contribution in [0.2, 0.25) is 0 Å². The fraction of sp³-hybridized carbons (Fsp3) is 0.261. The smallest absolute Gasteiger partial charge is 0.195 e. The van der Waals surface area contributed by atoms with Crippen LogP contribution in [-0.2, 0) is 0 Å². The van der Waals surface area contributed by atoms with Crippen molar-refractivity contribution in [2.75, 3.05) is 38.3 Å². The molecule has 4 aromatic rings. The summed E-state index contributed by atoms with van der Waals surface area (Å²) in [4.78, 5) is 12.7. The molecule has 4 N–H and O–H groups in total. The molecule has 32 heavy (non-hydrogen) atoms. The van der Waals surface area contributed by atoms with Gasteiger partial charge in [-0.05, 0) is 75.6 Å². The Bertz CT molecular complexity index is 1190. The molecule has 0 spiro atoms. The SMILES string of the molecule is Cc1cc(Nc2nc(Sc3ccc(N)cc3)nc3cc(OCCCN(C)C)ccc23)n[nH]1. The van der Waals surface area contributed by atoms with Gasteiger partial charge in [-0.1, -0.05) is 0 Å². The molecule has 0 amide bonds. The third-order valence-corrected chi connectivity index (χ3v) is 5.58. The van der Waals surface area contributed by atoms with E-state index in [1.165, 1.54) is 11.8 Å². The Hall–Kier alpha value is -3.30. The zero-order valence-electron chi connectivity index (χ0n) is 18.4. The second-order valence-corrected chi connectivity index (χ2v) is 8.81. The van der Waals surface area contributed by atoms with Crippen LogP contribution in [-0.4, -0.2) is 52.3 Å². The number of anilines is 3. The molecule has 2 aromatic heterocycles. The zero-order chi connectivity index (χ0) is 22.5. The molecule has 0 saturated heterocycles. The van der Waals surface area contributed by atoms with Crippen LogP contribution in [0.25, 0.3) is 10.9 Å². The lowest BCUT2D eigenvalue weighted by Gasteiger charge is -2.12. The van der Waals surface area contributed by atoms with E-state index in [9.17, 15) is 0 Å². The molecule has 0 saturated carbocycles. The highest BCUT2D eigenvalue weighted by atomic mass is 32.2. The minimum atomic E-state index is 0.627. The van der Waals surface area contributed by atoms with Gasteiger partial charge in [0, 0.05) is 40.3 Å². The van der Waals surface area contributed by atoms with Gasteiger partial charge in [-0.15, -0.1) is 0 Å². The van der Waals surface area contributed by atoms with Crippen LogP contribution < -0.4 is 15.8 Å². The third-order valence-electron chi connectivity index (χ3n) is 4.71. The van der Waals surface area contributed by atoms with Gasteiger partial charge in [-0.25, -0.2) is 9.97 Å². The summed E-state index contributed by atoms with van der Waals surface area (Å²) < 4.78 is 5.95. The summed E-state index contributed by atoms with van der Waals surface area (Å²) in [5.74, 6) is 2.19. The molecule has 8 nitrogen and oxygen atoms in total. The first-order valence-electron chi connectivity index (χ1n) is 10.4. The number of nitrogen functional groups attached to an aromatic ring is 1. The van der Waals surface area contributed by atoms with Crippen molar-refractivity contribution < 1.29 is 4.74 Å². The van der Waals surface area contributed by atoms with E-state index in [0.717, 1.165) is 45.9 Å². The summed E-state index contributed by atoms with van der Waals surface area (Å²) >= 11 is 1.48. The van der Waals surface area contributed by atoms with Crippen LogP contribution in [0.15, 0.2) is 58.6 Å². The lowest BCUT2D eigenvalue weighted by atomic mass is 10.2. The van der Waals surface area contributed by atoms with Crippen molar-refractivity contribution in [3.8, 4) is 5.75 Å². The third kappa shape index (κ3) is 5.68. The van der Waals surface area contributed by atoms with E-state index in [1.54, 1.807) is 0 Å². The maximum Gasteiger partial charge on any atom is 0.195 e. The second-order valence-electron chi connectivity index (χ2n) is 7.77. The van der Waals surface area contributed by atoms with Gasteiger partial charge in [0.1, 0.15) is 11.6 Å². The van der Waals surface area contributed by atoms with Crippen LogP contribution in [0.4, 0.5) is 17.3 Å². The molecule has 0 fully saturated rings. The Morgan fingerprint density at radius 1 is 1.09 bits per heavy atom. The van der Waals surface area contributed by atoms with E-state index in [4.69, 9.17) is 20.4 Å². The van der Waals surface area contributed by atoms with Crippen molar-refractivity contribution in [3.63, 3.8) is 0 Å². The number of ether oxygens (including phenoxy) is 1. The minimum absolute atomic E-state index is 0.627. The molecule has 2 heterocycles. The Morgan fingerprint density at radius 3 is 2.62 bits per heavy atom. The van der Waals surface area contributed by atoms with Crippen molar-refractivity contribution in [2.45, 2.75) is 23.4 Å². The van der Waals surface area contributed by atoms with Crippen LogP contribution in [0.3, 0.4) is 0 Å². The van der Waals surface area contributed by atoms with Crippen molar-refractivity contribution in [1.29, 1.82) is 0 Å². The fourth-order valence-electron chi connectivity index (χ4n) is 3.13. The number of aromatic nitrogens is 4. The number of nitrogens with two attached hydrogens (primary N) is 1. The summed E-state index contributed by atoms with van der Waals surface area (Å²) in [6.45, 7) is 3.59. The lowest BCUT2D eigenvalue weighted by Crippen LogP contribution is -2.15. The van der Waals surface area contributed by atoms with E-state index in [2.05, 4.69) is 34.5 Å². The largest absolute Gasteiger partial charge is 0.493 e. The van der Waals surface area contributed by atoms with Crippen LogP contribution in [0.5, 0.6) is 5.75 Å². The molecule has 0 aliphatic heterocycles. The van der Waals surface area contributed by atoms with Gasteiger partial charge >= 0.3 is 0 Å². The quantitative estimate of drug-likeness (QED) is 0.195. The van der Waals surface area contributed by atoms with Crippen LogP contribution in [0, 0.1) is 6.92 Å². The first-order chi connectivity index (χ1) is 15.5. The normalized spacial score (nSPS) is 11.2. The Labute approximate surface area is 191 Å². The predicted molar refractivity (Wildman–Crippen MR) is 130 cm³/mol. The molecule has 0 aliphatic rings. The van der Waals surface area contributed by atoms with Gasteiger partial charge < -0.3 is 20.7 Å². The van der Waals surface area contributed by atoms with Crippen molar-refractivity contribution in [1.82, 2.24) is 25.1 Å². The summed E-state index contributed by atoms with van der Waals surface area (Å²) in [5, 5.41) is 12.1. The van der Waals surface area contributed by atoms with Crippen LogP contribution >= 0.6 is 11.8 Å². The number of rotatable bonds is 9. The summed E-state index contributed by atoms with van der Waals surface area (Å²) in [5.41, 5.74) is 8.31. The number of aryl methyl sites for hydroxylation is 1. The number of aromatic amines is 1. The molecule has 0 radical (unpaired) electrons. The average molecular weight is 450 g/mol. The molecule has 0 unspecified atom stereocenters. The van der Waals surface area contributed by atoms with E-state index >= 15 is 0 Å². The van der Waals surface area contributed by atoms with Crippen LogP contribution in [0.1, 0.15) is 12.1 Å². The Balaban J connectivity index is 1.64. The van der Waals surface area contributed by atoms with E-state index in [0.29, 0.717) is 23.4 Å². The molecule has 2 aromatic carbocycles. The summed E-state index contributed by atoms with van der Waals surface area (Å²) in [7, 11) is 4.12. The first kappa shape index (κ1) is 21.9. The number of fused-ring (bicyclic) bond motifs is 1. The molecule has 4 rings (SSSR count). The zero-order valence-corrected chi connectivity index (χ0v) is 19.2. The molecule has 9 heteroatoms. The number of hydrogen-bond donors (Lipinski definition) is 3. The number of hydrogen-bond acceptors (Lipinski definition) is 8. The molecule has 0 aliphatic carbocycles. The van der Waals surface area contributed by atoms with Gasteiger partial charge in [0.2, 0.25) is 0 Å². The number of nitrogens with zero attached hydrogens (tertiary/aromatic N) is 4. The topological polar surface area (TPSA) is 105 Å². The molecular weight excluding hydrogens is 422 g/mol. The highest BCUT2D eigenvalue weighted by Crippen LogP contribution is 2.32. The monoisotopic (exact) mass is 449 g/mol. The standard InChI is InChI=1S/C23H27N7OS/c1-15-13-21(29-28-15)26-22-19-10-7-17(31-12-4-11-30(2)3)14-20(19)25-23(27-22)32-18-8-5-16(24)6-9-18/h5-10,13-14H,4,11-12,24H2,1-3H3,(H2,25,26,27,28,29). The summed E-state index contributed by atoms with van der Waals surface area (Å²) in [6, 6.07) is 15.5. The van der Waals surface area contributed by atoms with Gasteiger partial charge in [-0.2, -0.15) is 5.10 Å². The molecular formula is C23H27N7OS. The average Bonchev–Trinajstić information content (AvgIpc) is 3.17. The Kier molecular flexibility index (Phi) is 6.77.